The molecular weight excluding hydrogens is 527 g/mol. The number of rotatable bonds is 9. The number of ether oxygens (including phenoxy) is 1. The van der Waals surface area contributed by atoms with Gasteiger partial charge in [0.2, 0.25) is 5.91 Å². The molecule has 0 aliphatic heterocycles. The summed E-state index contributed by atoms with van der Waals surface area (Å²) in [6.45, 7) is 6.33. The second-order valence-corrected chi connectivity index (χ2v) is 10.7. The van der Waals surface area contributed by atoms with Gasteiger partial charge in [0.25, 0.3) is 0 Å². The van der Waals surface area contributed by atoms with Gasteiger partial charge < -0.3 is 10.1 Å². The fourth-order valence-corrected chi connectivity index (χ4v) is 6.24. The summed E-state index contributed by atoms with van der Waals surface area (Å²) >= 11 is 14.9. The molecule has 11 heteroatoms. The smallest absolute Gasteiger partial charge is 0.341 e. The molecule has 1 amide bonds. The van der Waals surface area contributed by atoms with Crippen LogP contribution in [0.4, 0.5) is 5.00 Å². The molecule has 1 aliphatic carbocycles. The van der Waals surface area contributed by atoms with Gasteiger partial charge in [-0.25, -0.2) is 4.79 Å². The number of aromatic nitrogens is 3. The quantitative estimate of drug-likeness (QED) is 0.191. The van der Waals surface area contributed by atoms with Gasteiger partial charge in [0.1, 0.15) is 5.00 Å². The number of hydrogen-bond donors (Lipinski definition) is 1. The highest BCUT2D eigenvalue weighted by Gasteiger charge is 2.27. The van der Waals surface area contributed by atoms with Crippen molar-refractivity contribution in [1.82, 2.24) is 14.8 Å². The van der Waals surface area contributed by atoms with Gasteiger partial charge >= 0.3 is 5.97 Å². The van der Waals surface area contributed by atoms with Crippen molar-refractivity contribution in [3.63, 3.8) is 0 Å². The molecule has 0 atom stereocenters. The van der Waals surface area contributed by atoms with E-state index in [-0.39, 0.29) is 24.2 Å². The number of fused-ring (bicyclic) bond motifs is 1. The van der Waals surface area contributed by atoms with Crippen LogP contribution < -0.4 is 5.32 Å². The summed E-state index contributed by atoms with van der Waals surface area (Å²) < 4.78 is 7.13. The molecule has 0 saturated heterocycles. The Labute approximate surface area is 221 Å². The Bertz CT molecular complexity index is 1270. The maximum absolute atomic E-state index is 12.9. The van der Waals surface area contributed by atoms with Gasteiger partial charge in [-0.2, -0.15) is 0 Å². The van der Waals surface area contributed by atoms with Gasteiger partial charge in [-0.1, -0.05) is 41.0 Å². The first-order valence-corrected chi connectivity index (χ1v) is 13.7. The number of anilines is 1. The number of halogens is 2. The Balaban J connectivity index is 1.51. The Morgan fingerprint density at radius 2 is 2.06 bits per heavy atom. The standard InChI is InChI=1S/C24H24Cl2N4O3S2/c1-3-11-30-21(14-9-10-16(25)17(26)12-14)28-29-24(30)34-13-19(31)27-22-20(23(32)33-4-2)15-7-5-6-8-18(15)35-22/h3,9-10,12H,1,4-8,11,13H2,2H3,(H,27,31). The number of esters is 1. The molecule has 4 rings (SSSR count). The van der Waals surface area contributed by atoms with E-state index in [4.69, 9.17) is 27.9 Å². The molecule has 184 valence electrons. The molecule has 35 heavy (non-hydrogen) atoms. The van der Waals surface area contributed by atoms with Crippen LogP contribution in [0.1, 0.15) is 40.6 Å². The van der Waals surface area contributed by atoms with Crippen molar-refractivity contribution in [2.75, 3.05) is 17.7 Å². The Morgan fingerprint density at radius 1 is 1.26 bits per heavy atom. The van der Waals surface area contributed by atoms with Crippen LogP contribution in [0.2, 0.25) is 10.0 Å². The van der Waals surface area contributed by atoms with Crippen LogP contribution in [-0.2, 0) is 28.9 Å². The number of carbonyl (C=O) groups excluding carboxylic acids is 2. The Morgan fingerprint density at radius 3 is 2.80 bits per heavy atom. The third-order valence-corrected chi connectivity index (χ3v) is 8.36. The topological polar surface area (TPSA) is 86.1 Å². The lowest BCUT2D eigenvalue weighted by Gasteiger charge is -2.12. The van der Waals surface area contributed by atoms with E-state index in [1.165, 1.54) is 23.1 Å². The maximum Gasteiger partial charge on any atom is 0.341 e. The van der Waals surface area contributed by atoms with E-state index in [1.807, 2.05) is 10.6 Å². The number of thioether (sulfide) groups is 1. The van der Waals surface area contributed by atoms with Crippen molar-refractivity contribution in [2.24, 2.45) is 0 Å². The molecule has 0 spiro atoms. The fourth-order valence-electron chi connectivity index (χ4n) is 3.90. The van der Waals surface area contributed by atoms with Crippen molar-refractivity contribution < 1.29 is 14.3 Å². The normalized spacial score (nSPS) is 12.8. The summed E-state index contributed by atoms with van der Waals surface area (Å²) in [6.07, 6.45) is 5.58. The number of hydrogen-bond acceptors (Lipinski definition) is 7. The molecule has 2 heterocycles. The van der Waals surface area contributed by atoms with Crippen molar-refractivity contribution in [1.29, 1.82) is 0 Å². The summed E-state index contributed by atoms with van der Waals surface area (Å²) in [5.74, 6) is 0.0822. The Kier molecular flexibility index (Phi) is 8.54. The van der Waals surface area contributed by atoms with Gasteiger partial charge in [-0.15, -0.1) is 28.1 Å². The monoisotopic (exact) mass is 550 g/mol. The lowest BCUT2D eigenvalue weighted by molar-refractivity contribution is -0.113. The molecule has 1 aliphatic rings. The predicted octanol–water partition coefficient (Wildman–Crippen LogP) is 6.29. The first-order chi connectivity index (χ1) is 16.9. The van der Waals surface area contributed by atoms with Crippen molar-refractivity contribution in [2.45, 2.75) is 44.3 Å². The summed E-state index contributed by atoms with van der Waals surface area (Å²) in [7, 11) is 0. The molecule has 0 bridgehead atoms. The maximum atomic E-state index is 12.9. The van der Waals surface area contributed by atoms with Crippen LogP contribution in [0.15, 0.2) is 36.0 Å². The first-order valence-electron chi connectivity index (χ1n) is 11.2. The number of benzene rings is 1. The van der Waals surface area contributed by atoms with Crippen molar-refractivity contribution >= 4 is 63.2 Å². The van der Waals surface area contributed by atoms with Crippen LogP contribution in [0.25, 0.3) is 11.4 Å². The van der Waals surface area contributed by atoms with E-state index in [9.17, 15) is 9.59 Å². The van der Waals surface area contributed by atoms with Crippen LogP contribution in [0.3, 0.4) is 0 Å². The minimum absolute atomic E-state index is 0.0987. The molecule has 0 radical (unpaired) electrons. The van der Waals surface area contributed by atoms with Crippen molar-refractivity contribution in [3.05, 3.63) is 56.9 Å². The molecule has 7 nitrogen and oxygen atoms in total. The van der Waals surface area contributed by atoms with E-state index in [0.717, 1.165) is 41.7 Å². The van der Waals surface area contributed by atoms with Gasteiger partial charge in [0.05, 0.1) is 28.0 Å². The summed E-state index contributed by atoms with van der Waals surface area (Å²) in [6, 6.07) is 5.24. The SMILES string of the molecule is C=CCn1c(SCC(=O)Nc2sc3c(c2C(=O)OCC)CCCC3)nnc1-c1ccc(Cl)c(Cl)c1. The van der Waals surface area contributed by atoms with Gasteiger partial charge in [0.15, 0.2) is 11.0 Å². The van der Waals surface area contributed by atoms with Crippen molar-refractivity contribution in [3.8, 4) is 11.4 Å². The average molecular weight is 552 g/mol. The molecule has 1 aromatic carbocycles. The largest absolute Gasteiger partial charge is 0.462 e. The summed E-state index contributed by atoms with van der Waals surface area (Å²) in [5.41, 5.74) is 2.27. The first kappa shape index (κ1) is 25.8. The highest BCUT2D eigenvalue weighted by atomic mass is 35.5. The van der Waals surface area contributed by atoms with Crippen LogP contribution in [0, 0.1) is 0 Å². The summed E-state index contributed by atoms with van der Waals surface area (Å²) in [5, 5.41) is 13.5. The second-order valence-electron chi connectivity index (χ2n) is 7.81. The van der Waals surface area contributed by atoms with Crippen LogP contribution in [0.5, 0.6) is 0 Å². The van der Waals surface area contributed by atoms with E-state index in [2.05, 4.69) is 22.1 Å². The zero-order chi connectivity index (χ0) is 24.9. The number of nitrogens with zero attached hydrogens (tertiary/aromatic N) is 3. The lowest BCUT2D eigenvalue weighted by Crippen LogP contribution is -2.17. The van der Waals surface area contributed by atoms with E-state index in [1.54, 1.807) is 25.1 Å². The van der Waals surface area contributed by atoms with Gasteiger partial charge in [-0.3, -0.25) is 9.36 Å². The van der Waals surface area contributed by atoms with E-state index >= 15 is 0 Å². The number of nitrogens with one attached hydrogen (secondary N) is 1. The Hall–Kier alpha value is -2.33. The number of carbonyl (C=O) groups is 2. The van der Waals surface area contributed by atoms with Gasteiger partial charge in [0, 0.05) is 17.0 Å². The molecule has 0 unspecified atom stereocenters. The zero-order valence-electron chi connectivity index (χ0n) is 19.1. The minimum Gasteiger partial charge on any atom is -0.462 e. The molecule has 2 aromatic heterocycles. The van der Waals surface area contributed by atoms with Crippen LogP contribution >= 0.6 is 46.3 Å². The number of thiophene rings is 1. The highest BCUT2D eigenvalue weighted by molar-refractivity contribution is 7.99. The average Bonchev–Trinajstić information content (AvgIpc) is 3.40. The van der Waals surface area contributed by atoms with E-state index in [0.29, 0.717) is 38.1 Å². The number of allylic oxidation sites excluding steroid dienone is 1. The number of aryl methyl sites for hydroxylation is 1. The fraction of sp³-hybridized carbons (Fsp3) is 0.333. The van der Waals surface area contributed by atoms with Crippen LogP contribution in [-0.4, -0.2) is 39.0 Å². The van der Waals surface area contributed by atoms with Gasteiger partial charge in [-0.05, 0) is 56.4 Å². The molecule has 3 aromatic rings. The third-order valence-electron chi connectivity index (χ3n) is 5.44. The third kappa shape index (κ3) is 5.74. The zero-order valence-corrected chi connectivity index (χ0v) is 22.2. The molecule has 0 fully saturated rings. The molecule has 1 N–H and O–H groups in total. The van der Waals surface area contributed by atoms with E-state index < -0.39 is 0 Å². The predicted molar refractivity (Wildman–Crippen MR) is 142 cm³/mol. The second kappa shape index (κ2) is 11.6. The highest BCUT2D eigenvalue weighted by Crippen LogP contribution is 2.39. The number of amides is 1. The lowest BCUT2D eigenvalue weighted by atomic mass is 9.95. The molecular formula is C24H24Cl2N4O3S2. The summed E-state index contributed by atoms with van der Waals surface area (Å²) in [4.78, 5) is 26.7. The minimum atomic E-state index is -0.383. The molecule has 0 saturated carbocycles.